The van der Waals surface area contributed by atoms with Crippen molar-refractivity contribution in [2.45, 2.75) is 38.2 Å². The molecule has 1 aliphatic rings. The summed E-state index contributed by atoms with van der Waals surface area (Å²) in [6.07, 6.45) is 7.26. The van der Waals surface area contributed by atoms with Crippen molar-refractivity contribution in [3.63, 3.8) is 0 Å². The van der Waals surface area contributed by atoms with Gasteiger partial charge < -0.3 is 9.84 Å². The smallest absolute Gasteiger partial charge is 0.166 e. The Kier molecular flexibility index (Phi) is 7.19. The summed E-state index contributed by atoms with van der Waals surface area (Å²) in [4.78, 5) is 0. The standard InChI is InChI=1S/C28H27F3O2/c1-33-26-15-8-19(16-25(26)29)3-2-18-4-9-21(10-5-18)23-13-14-24(28(31)27(23)30)22-11-6-20(17-32)7-12-22/h2-3,6-8,11-16,18,21,32H,4-5,9-10,17H2,1H3/b3-2+. The Morgan fingerprint density at radius 1 is 0.909 bits per heavy atom. The third-order valence-corrected chi connectivity index (χ3v) is 6.51. The lowest BCUT2D eigenvalue weighted by molar-refractivity contribution is 0.282. The maximum absolute atomic E-state index is 15.0. The summed E-state index contributed by atoms with van der Waals surface area (Å²) in [6.45, 7) is -0.0924. The molecule has 1 saturated carbocycles. The first-order valence-corrected chi connectivity index (χ1v) is 11.2. The highest BCUT2D eigenvalue weighted by atomic mass is 19.2. The Balaban J connectivity index is 1.42. The highest BCUT2D eigenvalue weighted by molar-refractivity contribution is 5.65. The fourth-order valence-electron chi connectivity index (χ4n) is 4.55. The van der Waals surface area contributed by atoms with Crippen LogP contribution in [0.4, 0.5) is 13.2 Å². The lowest BCUT2D eigenvalue weighted by Gasteiger charge is -2.27. The molecule has 0 heterocycles. The second-order valence-electron chi connectivity index (χ2n) is 8.55. The van der Waals surface area contributed by atoms with E-state index >= 15 is 0 Å². The van der Waals surface area contributed by atoms with Crippen LogP contribution in [-0.2, 0) is 6.61 Å². The monoisotopic (exact) mass is 452 g/mol. The van der Waals surface area contributed by atoms with Crippen LogP contribution in [0, 0.1) is 23.4 Å². The van der Waals surface area contributed by atoms with Gasteiger partial charge in [-0.25, -0.2) is 13.2 Å². The van der Waals surface area contributed by atoms with Crippen LogP contribution in [0.2, 0.25) is 0 Å². The highest BCUT2D eigenvalue weighted by Gasteiger charge is 2.25. The van der Waals surface area contributed by atoms with Crippen molar-refractivity contribution in [3.05, 3.63) is 94.8 Å². The van der Waals surface area contributed by atoms with Crippen molar-refractivity contribution in [1.29, 1.82) is 0 Å². The van der Waals surface area contributed by atoms with Crippen molar-refractivity contribution in [2.24, 2.45) is 5.92 Å². The predicted molar refractivity (Wildman–Crippen MR) is 124 cm³/mol. The Hall–Kier alpha value is -3.05. The molecule has 0 unspecified atom stereocenters. The molecule has 0 amide bonds. The van der Waals surface area contributed by atoms with Gasteiger partial charge in [0, 0.05) is 5.56 Å². The van der Waals surface area contributed by atoms with Gasteiger partial charge in [0.05, 0.1) is 13.7 Å². The number of aliphatic hydroxyl groups is 1. The average molecular weight is 453 g/mol. The zero-order valence-electron chi connectivity index (χ0n) is 18.5. The Morgan fingerprint density at radius 2 is 1.64 bits per heavy atom. The Morgan fingerprint density at radius 3 is 2.27 bits per heavy atom. The summed E-state index contributed by atoms with van der Waals surface area (Å²) in [7, 11) is 1.43. The minimum Gasteiger partial charge on any atom is -0.494 e. The van der Waals surface area contributed by atoms with Gasteiger partial charge in [-0.3, -0.25) is 0 Å². The third-order valence-electron chi connectivity index (χ3n) is 6.51. The number of allylic oxidation sites excluding steroid dienone is 1. The zero-order valence-corrected chi connectivity index (χ0v) is 18.5. The molecule has 2 nitrogen and oxygen atoms in total. The molecule has 4 rings (SSSR count). The molecule has 3 aromatic carbocycles. The van der Waals surface area contributed by atoms with Gasteiger partial charge >= 0.3 is 0 Å². The van der Waals surface area contributed by atoms with Gasteiger partial charge in [0.2, 0.25) is 0 Å². The minimum absolute atomic E-state index is 0.0200. The van der Waals surface area contributed by atoms with Crippen molar-refractivity contribution in [2.75, 3.05) is 7.11 Å². The van der Waals surface area contributed by atoms with E-state index in [1.54, 1.807) is 48.5 Å². The first-order chi connectivity index (χ1) is 16.0. The van der Waals surface area contributed by atoms with Crippen molar-refractivity contribution in [3.8, 4) is 16.9 Å². The van der Waals surface area contributed by atoms with E-state index < -0.39 is 17.5 Å². The van der Waals surface area contributed by atoms with Gasteiger partial charge in [-0.2, -0.15) is 0 Å². The Bertz CT molecular complexity index is 1130. The molecule has 33 heavy (non-hydrogen) atoms. The number of rotatable bonds is 6. The zero-order chi connectivity index (χ0) is 23.4. The van der Waals surface area contributed by atoms with Gasteiger partial charge in [-0.15, -0.1) is 0 Å². The van der Waals surface area contributed by atoms with E-state index in [1.807, 2.05) is 6.08 Å². The molecule has 0 radical (unpaired) electrons. The maximum atomic E-state index is 15.0. The molecule has 1 aliphatic carbocycles. The summed E-state index contributed by atoms with van der Waals surface area (Å²) < 4.78 is 48.7. The van der Waals surface area contributed by atoms with Crippen LogP contribution >= 0.6 is 0 Å². The van der Waals surface area contributed by atoms with E-state index in [0.29, 0.717) is 17.0 Å². The van der Waals surface area contributed by atoms with E-state index in [9.17, 15) is 13.2 Å². The van der Waals surface area contributed by atoms with Gasteiger partial charge in [-0.1, -0.05) is 54.6 Å². The normalized spacial score (nSPS) is 18.6. The third kappa shape index (κ3) is 5.14. The van der Waals surface area contributed by atoms with E-state index in [1.165, 1.54) is 13.2 Å². The SMILES string of the molecule is COc1ccc(/C=C/C2CCC(c3ccc(-c4ccc(CO)cc4)c(F)c3F)CC2)cc1F. The van der Waals surface area contributed by atoms with Crippen LogP contribution in [-0.4, -0.2) is 12.2 Å². The minimum atomic E-state index is -0.826. The summed E-state index contributed by atoms with van der Waals surface area (Å²) in [5.41, 5.74) is 2.73. The maximum Gasteiger partial charge on any atom is 0.166 e. The second kappa shape index (κ2) is 10.3. The molecule has 0 spiro atoms. The average Bonchev–Trinajstić information content (AvgIpc) is 2.85. The first kappa shape index (κ1) is 23.1. The number of hydrogen-bond acceptors (Lipinski definition) is 2. The van der Waals surface area contributed by atoms with Crippen LogP contribution in [0.3, 0.4) is 0 Å². The summed E-state index contributed by atoms with van der Waals surface area (Å²) in [6, 6.07) is 15.0. The number of methoxy groups -OCH3 is 1. The molecule has 172 valence electrons. The fourth-order valence-corrected chi connectivity index (χ4v) is 4.55. The van der Waals surface area contributed by atoms with Crippen LogP contribution in [0.5, 0.6) is 5.75 Å². The van der Waals surface area contributed by atoms with E-state index in [-0.39, 0.29) is 23.8 Å². The molecule has 1 fully saturated rings. The van der Waals surface area contributed by atoms with E-state index in [2.05, 4.69) is 6.08 Å². The van der Waals surface area contributed by atoms with Crippen molar-refractivity contribution >= 4 is 6.08 Å². The number of halogens is 3. The number of hydrogen-bond donors (Lipinski definition) is 1. The molecule has 0 aromatic heterocycles. The highest BCUT2D eigenvalue weighted by Crippen LogP contribution is 2.39. The first-order valence-electron chi connectivity index (χ1n) is 11.2. The van der Waals surface area contributed by atoms with Crippen molar-refractivity contribution in [1.82, 2.24) is 0 Å². The van der Waals surface area contributed by atoms with Crippen LogP contribution in [0.1, 0.15) is 48.3 Å². The Labute approximate surface area is 192 Å². The van der Waals surface area contributed by atoms with E-state index in [4.69, 9.17) is 9.84 Å². The summed E-state index contributed by atoms with van der Waals surface area (Å²) >= 11 is 0. The lowest BCUT2D eigenvalue weighted by atomic mass is 9.78. The predicted octanol–water partition coefficient (Wildman–Crippen LogP) is 7.26. The topological polar surface area (TPSA) is 29.5 Å². The molecule has 3 aromatic rings. The molecule has 0 aliphatic heterocycles. The molecule has 0 saturated heterocycles. The molecule has 5 heteroatoms. The number of benzene rings is 3. The molecule has 1 N–H and O–H groups in total. The summed E-state index contributed by atoms with van der Waals surface area (Å²) in [5, 5.41) is 9.16. The van der Waals surface area contributed by atoms with Crippen molar-refractivity contribution < 1.29 is 23.0 Å². The molecule has 0 atom stereocenters. The quantitative estimate of drug-likeness (QED) is 0.427. The molecular weight excluding hydrogens is 425 g/mol. The fraction of sp³-hybridized carbons (Fsp3) is 0.286. The van der Waals surface area contributed by atoms with Crippen LogP contribution in [0.15, 0.2) is 60.7 Å². The number of aliphatic hydroxyl groups excluding tert-OH is 1. The summed E-state index contributed by atoms with van der Waals surface area (Å²) in [5.74, 6) is -1.47. The number of ether oxygens (including phenoxy) is 1. The molecule has 0 bridgehead atoms. The van der Waals surface area contributed by atoms with Crippen LogP contribution < -0.4 is 4.74 Å². The second-order valence-corrected chi connectivity index (χ2v) is 8.55. The lowest BCUT2D eigenvalue weighted by Crippen LogP contribution is -2.13. The van der Waals surface area contributed by atoms with Gasteiger partial charge in [0.15, 0.2) is 23.2 Å². The van der Waals surface area contributed by atoms with Gasteiger partial charge in [0.25, 0.3) is 0 Å². The largest absolute Gasteiger partial charge is 0.494 e. The van der Waals surface area contributed by atoms with Crippen LogP contribution in [0.25, 0.3) is 17.2 Å². The van der Waals surface area contributed by atoms with Gasteiger partial charge in [-0.05, 0) is 71.9 Å². The van der Waals surface area contributed by atoms with E-state index in [0.717, 1.165) is 36.8 Å². The van der Waals surface area contributed by atoms with Gasteiger partial charge in [0.1, 0.15) is 0 Å². The molecular formula is C28H27F3O2.